The molecule has 1 amide bonds. The number of aromatic nitrogens is 3. The van der Waals surface area contributed by atoms with Gasteiger partial charge in [0.15, 0.2) is 0 Å². The van der Waals surface area contributed by atoms with Crippen molar-refractivity contribution in [2.45, 2.75) is 38.8 Å². The first-order valence-corrected chi connectivity index (χ1v) is 8.65. The molecule has 1 saturated heterocycles. The molecule has 2 aromatic rings. The van der Waals surface area contributed by atoms with Gasteiger partial charge in [-0.2, -0.15) is 0 Å². The molecule has 1 aromatic heterocycles. The van der Waals surface area contributed by atoms with Crippen LogP contribution in [0.25, 0.3) is 5.69 Å². The zero-order valence-corrected chi connectivity index (χ0v) is 15.0. The Morgan fingerprint density at radius 3 is 2.75 bits per heavy atom. The molecule has 1 fully saturated rings. The van der Waals surface area contributed by atoms with Gasteiger partial charge in [-0.25, -0.2) is 9.67 Å². The lowest BCUT2D eigenvalue weighted by atomic mass is 10.00. The number of carbonyl (C=O) groups excluding carboxylic acids is 1. The minimum atomic E-state index is -0.291. The van der Waals surface area contributed by atoms with Crippen LogP contribution in [0.3, 0.4) is 0 Å². The molecule has 2 unspecified atom stereocenters. The lowest BCUT2D eigenvalue weighted by molar-refractivity contribution is 0.0909. The quantitative estimate of drug-likeness (QED) is 0.874. The zero-order chi connectivity index (χ0) is 17.3. The first-order valence-electron chi connectivity index (χ1n) is 7.89. The van der Waals surface area contributed by atoms with Crippen LogP contribution in [-0.4, -0.2) is 39.3 Å². The maximum Gasteiger partial charge on any atom is 0.291 e. The van der Waals surface area contributed by atoms with Crippen LogP contribution in [0.2, 0.25) is 10.0 Å². The Morgan fingerprint density at radius 1 is 1.38 bits per heavy atom. The number of halogens is 2. The Kier molecular flexibility index (Phi) is 5.08. The first kappa shape index (κ1) is 17.2. The van der Waals surface area contributed by atoms with Crippen LogP contribution in [-0.2, 0) is 0 Å². The standard InChI is InChI=1S/C16H19Cl2N5O/c1-9-13(7-4-8-19-9)21-16(24)15-20-10(2)23(22-15)14-11(17)5-3-6-12(14)18/h3,5-6,9,13,19H,4,7-8H2,1-2H3,(H,21,24). The molecule has 1 aromatic carbocycles. The van der Waals surface area contributed by atoms with Gasteiger partial charge in [0.05, 0.1) is 10.0 Å². The third-order valence-corrected chi connectivity index (χ3v) is 4.81. The number of amides is 1. The largest absolute Gasteiger partial charge is 0.345 e. The van der Waals surface area contributed by atoms with E-state index in [0.29, 0.717) is 21.6 Å². The van der Waals surface area contributed by atoms with E-state index in [9.17, 15) is 4.79 Å². The molecule has 1 aliphatic heterocycles. The molecular weight excluding hydrogens is 349 g/mol. The highest BCUT2D eigenvalue weighted by Gasteiger charge is 2.25. The lowest BCUT2D eigenvalue weighted by Gasteiger charge is -2.30. The first-order chi connectivity index (χ1) is 11.5. The van der Waals surface area contributed by atoms with Crippen LogP contribution in [0.4, 0.5) is 0 Å². The molecule has 2 heterocycles. The summed E-state index contributed by atoms with van der Waals surface area (Å²) in [6, 6.07) is 5.50. The summed E-state index contributed by atoms with van der Waals surface area (Å²) in [5.74, 6) is 0.367. The Bertz CT molecular complexity index is 741. The molecule has 0 radical (unpaired) electrons. The highest BCUT2D eigenvalue weighted by molar-refractivity contribution is 6.37. The van der Waals surface area contributed by atoms with Crippen LogP contribution in [0.5, 0.6) is 0 Å². The molecule has 6 nitrogen and oxygen atoms in total. The predicted octanol–water partition coefficient (Wildman–Crippen LogP) is 2.75. The minimum Gasteiger partial charge on any atom is -0.345 e. The van der Waals surface area contributed by atoms with E-state index < -0.39 is 0 Å². The highest BCUT2D eigenvalue weighted by atomic mass is 35.5. The summed E-state index contributed by atoms with van der Waals surface area (Å²) in [5, 5.41) is 11.6. The summed E-state index contributed by atoms with van der Waals surface area (Å²) < 4.78 is 1.50. The maximum absolute atomic E-state index is 12.5. The molecule has 24 heavy (non-hydrogen) atoms. The van der Waals surface area contributed by atoms with E-state index in [-0.39, 0.29) is 23.8 Å². The van der Waals surface area contributed by atoms with Crippen LogP contribution in [0.15, 0.2) is 18.2 Å². The summed E-state index contributed by atoms with van der Waals surface area (Å²) in [7, 11) is 0. The number of nitrogens with zero attached hydrogens (tertiary/aromatic N) is 3. The Balaban J connectivity index is 1.85. The van der Waals surface area contributed by atoms with Gasteiger partial charge in [0.2, 0.25) is 5.82 Å². The number of benzene rings is 1. The van der Waals surface area contributed by atoms with Crippen LogP contribution >= 0.6 is 23.2 Å². The molecule has 0 aliphatic carbocycles. The van der Waals surface area contributed by atoms with Gasteiger partial charge in [-0.15, -0.1) is 5.10 Å². The number of rotatable bonds is 3. The van der Waals surface area contributed by atoms with Gasteiger partial charge in [0, 0.05) is 12.1 Å². The second-order valence-electron chi connectivity index (χ2n) is 5.93. The fraction of sp³-hybridized carbons (Fsp3) is 0.438. The molecular formula is C16H19Cl2N5O. The number of para-hydroxylation sites is 1. The van der Waals surface area contributed by atoms with E-state index in [4.69, 9.17) is 23.2 Å². The monoisotopic (exact) mass is 367 g/mol. The second kappa shape index (κ2) is 7.09. The van der Waals surface area contributed by atoms with Gasteiger partial charge in [-0.05, 0) is 45.4 Å². The summed E-state index contributed by atoms with van der Waals surface area (Å²) in [5.41, 5.74) is 0.526. The Labute approximate surface area is 150 Å². The van der Waals surface area contributed by atoms with Crippen LogP contribution in [0.1, 0.15) is 36.2 Å². The predicted molar refractivity (Wildman–Crippen MR) is 94.1 cm³/mol. The summed E-state index contributed by atoms with van der Waals surface area (Å²) in [6.07, 6.45) is 1.97. The van der Waals surface area contributed by atoms with Gasteiger partial charge >= 0.3 is 0 Å². The van der Waals surface area contributed by atoms with Gasteiger partial charge < -0.3 is 10.6 Å². The normalized spacial score (nSPS) is 20.8. The topological polar surface area (TPSA) is 71.8 Å². The summed E-state index contributed by atoms with van der Waals surface area (Å²) in [4.78, 5) is 16.7. The molecule has 2 atom stereocenters. The van der Waals surface area contributed by atoms with Crippen molar-refractivity contribution >= 4 is 29.1 Å². The maximum atomic E-state index is 12.5. The fourth-order valence-corrected chi connectivity index (χ4v) is 3.42. The number of hydrogen-bond acceptors (Lipinski definition) is 4. The van der Waals surface area contributed by atoms with E-state index in [1.165, 1.54) is 4.68 Å². The Morgan fingerprint density at radius 2 is 2.08 bits per heavy atom. The molecule has 0 saturated carbocycles. The van der Waals surface area contributed by atoms with Crippen molar-refractivity contribution in [1.29, 1.82) is 0 Å². The number of nitrogens with one attached hydrogen (secondary N) is 2. The van der Waals surface area contributed by atoms with Gasteiger partial charge in [0.1, 0.15) is 11.5 Å². The number of carbonyl (C=O) groups is 1. The molecule has 128 valence electrons. The van der Waals surface area contributed by atoms with Crippen molar-refractivity contribution in [3.8, 4) is 5.69 Å². The van der Waals surface area contributed by atoms with Gasteiger partial charge in [-0.1, -0.05) is 29.3 Å². The van der Waals surface area contributed by atoms with E-state index in [0.717, 1.165) is 19.4 Å². The van der Waals surface area contributed by atoms with Crippen molar-refractivity contribution < 1.29 is 4.79 Å². The van der Waals surface area contributed by atoms with Crippen molar-refractivity contribution in [2.24, 2.45) is 0 Å². The second-order valence-corrected chi connectivity index (χ2v) is 6.74. The van der Waals surface area contributed by atoms with Crippen molar-refractivity contribution in [1.82, 2.24) is 25.4 Å². The van der Waals surface area contributed by atoms with E-state index >= 15 is 0 Å². The number of piperidine rings is 1. The third-order valence-electron chi connectivity index (χ3n) is 4.20. The molecule has 1 aliphatic rings. The smallest absolute Gasteiger partial charge is 0.291 e. The van der Waals surface area contributed by atoms with E-state index in [1.807, 2.05) is 0 Å². The fourth-order valence-electron chi connectivity index (χ4n) is 2.86. The molecule has 2 N–H and O–H groups in total. The average Bonchev–Trinajstić information content (AvgIpc) is 2.91. The average molecular weight is 368 g/mol. The van der Waals surface area contributed by atoms with Crippen molar-refractivity contribution in [3.05, 3.63) is 39.9 Å². The van der Waals surface area contributed by atoms with E-state index in [2.05, 4.69) is 27.6 Å². The summed E-state index contributed by atoms with van der Waals surface area (Å²) >= 11 is 12.4. The molecule has 0 spiro atoms. The Hall–Kier alpha value is -1.63. The van der Waals surface area contributed by atoms with Crippen molar-refractivity contribution in [2.75, 3.05) is 6.54 Å². The SMILES string of the molecule is Cc1nc(C(=O)NC2CCCNC2C)nn1-c1c(Cl)cccc1Cl. The molecule has 3 rings (SSSR count). The number of hydrogen-bond donors (Lipinski definition) is 2. The molecule has 8 heteroatoms. The zero-order valence-electron chi connectivity index (χ0n) is 13.5. The van der Waals surface area contributed by atoms with Gasteiger partial charge in [0.25, 0.3) is 5.91 Å². The molecule has 0 bridgehead atoms. The third kappa shape index (κ3) is 3.41. The van der Waals surface area contributed by atoms with Crippen LogP contribution in [0, 0.1) is 6.92 Å². The van der Waals surface area contributed by atoms with Crippen LogP contribution < -0.4 is 10.6 Å². The lowest BCUT2D eigenvalue weighted by Crippen LogP contribution is -2.52. The minimum absolute atomic E-state index is 0.0717. The number of aryl methyl sites for hydroxylation is 1. The van der Waals surface area contributed by atoms with Gasteiger partial charge in [-0.3, -0.25) is 4.79 Å². The highest BCUT2D eigenvalue weighted by Crippen LogP contribution is 2.28. The van der Waals surface area contributed by atoms with E-state index in [1.54, 1.807) is 25.1 Å². The summed E-state index contributed by atoms with van der Waals surface area (Å²) in [6.45, 7) is 4.80. The van der Waals surface area contributed by atoms with Crippen molar-refractivity contribution in [3.63, 3.8) is 0 Å².